The van der Waals surface area contributed by atoms with Crippen LogP contribution in [0.1, 0.15) is 47.0 Å². The van der Waals surface area contributed by atoms with Crippen molar-refractivity contribution < 1.29 is 0 Å². The quantitative estimate of drug-likeness (QED) is 0.615. The van der Waals surface area contributed by atoms with Crippen LogP contribution in [0.4, 0.5) is 0 Å². The fourth-order valence-corrected chi connectivity index (χ4v) is 1.87. The van der Waals surface area contributed by atoms with Gasteiger partial charge in [-0.05, 0) is 38.9 Å². The molecule has 0 saturated heterocycles. The zero-order chi connectivity index (χ0) is 10.8. The van der Waals surface area contributed by atoms with Crippen molar-refractivity contribution in [3.8, 4) is 0 Å². The van der Waals surface area contributed by atoms with Crippen molar-refractivity contribution >= 4 is 0 Å². The molecule has 1 atom stereocenters. The Morgan fingerprint density at radius 2 is 1.57 bits per heavy atom. The first kappa shape index (κ1) is 13.9. The first-order valence-electron chi connectivity index (χ1n) is 6.24. The minimum absolute atomic E-state index is 0.679. The predicted octanol–water partition coefficient (Wildman–Crippen LogP) is 2.50. The Labute approximate surface area is 90.1 Å². The molecule has 0 rings (SSSR count). The highest BCUT2D eigenvalue weighted by Crippen LogP contribution is 1.99. The Bertz CT molecular complexity index is 109. The summed E-state index contributed by atoms with van der Waals surface area (Å²) in [5, 5.41) is 3.54. The van der Waals surface area contributed by atoms with Gasteiger partial charge in [0.25, 0.3) is 0 Å². The van der Waals surface area contributed by atoms with Crippen molar-refractivity contribution in [2.45, 2.75) is 53.0 Å². The molecule has 0 aromatic carbocycles. The maximum absolute atomic E-state index is 3.54. The molecule has 0 aliphatic carbocycles. The van der Waals surface area contributed by atoms with Gasteiger partial charge in [0.1, 0.15) is 0 Å². The van der Waals surface area contributed by atoms with E-state index in [4.69, 9.17) is 0 Å². The van der Waals surface area contributed by atoms with Crippen molar-refractivity contribution in [2.24, 2.45) is 0 Å². The fourth-order valence-electron chi connectivity index (χ4n) is 1.87. The SMILES string of the molecule is CCCN(CCC)CC(CC)NCC. The molecule has 0 heterocycles. The summed E-state index contributed by atoms with van der Waals surface area (Å²) in [6, 6.07) is 0.679. The molecule has 0 bridgehead atoms. The lowest BCUT2D eigenvalue weighted by Crippen LogP contribution is -2.41. The Kier molecular flexibility index (Phi) is 9.42. The molecule has 86 valence electrons. The largest absolute Gasteiger partial charge is 0.313 e. The van der Waals surface area contributed by atoms with Crippen LogP contribution in [-0.4, -0.2) is 37.1 Å². The summed E-state index contributed by atoms with van der Waals surface area (Å²) in [6.45, 7) is 13.8. The number of hydrogen-bond acceptors (Lipinski definition) is 2. The number of rotatable bonds is 9. The molecule has 0 amide bonds. The maximum atomic E-state index is 3.54. The number of nitrogens with zero attached hydrogens (tertiary/aromatic N) is 1. The van der Waals surface area contributed by atoms with E-state index in [0.717, 1.165) is 6.54 Å². The average molecular weight is 200 g/mol. The van der Waals surface area contributed by atoms with Gasteiger partial charge in [0.2, 0.25) is 0 Å². The molecule has 2 nitrogen and oxygen atoms in total. The summed E-state index contributed by atoms with van der Waals surface area (Å²) in [4.78, 5) is 2.58. The van der Waals surface area contributed by atoms with Crippen LogP contribution in [0.15, 0.2) is 0 Å². The zero-order valence-electron chi connectivity index (χ0n) is 10.5. The third-order valence-corrected chi connectivity index (χ3v) is 2.54. The Hall–Kier alpha value is -0.0800. The van der Waals surface area contributed by atoms with Crippen LogP contribution in [-0.2, 0) is 0 Å². The molecule has 0 aliphatic heterocycles. The lowest BCUT2D eigenvalue weighted by molar-refractivity contribution is 0.240. The first-order valence-corrected chi connectivity index (χ1v) is 6.24. The van der Waals surface area contributed by atoms with Crippen LogP contribution in [0.3, 0.4) is 0 Å². The highest BCUT2D eigenvalue weighted by Gasteiger charge is 2.09. The first-order chi connectivity index (χ1) is 6.78. The predicted molar refractivity (Wildman–Crippen MR) is 64.8 cm³/mol. The van der Waals surface area contributed by atoms with Crippen molar-refractivity contribution in [3.05, 3.63) is 0 Å². The van der Waals surface area contributed by atoms with E-state index in [1.165, 1.54) is 38.9 Å². The summed E-state index contributed by atoms with van der Waals surface area (Å²) in [5.41, 5.74) is 0. The van der Waals surface area contributed by atoms with E-state index in [9.17, 15) is 0 Å². The van der Waals surface area contributed by atoms with Gasteiger partial charge in [0.05, 0.1) is 0 Å². The molecule has 0 spiro atoms. The minimum atomic E-state index is 0.679. The molecular formula is C12H28N2. The summed E-state index contributed by atoms with van der Waals surface area (Å²) >= 11 is 0. The number of hydrogen-bond donors (Lipinski definition) is 1. The van der Waals surface area contributed by atoms with Crippen LogP contribution < -0.4 is 5.32 Å². The highest BCUT2D eigenvalue weighted by atomic mass is 15.1. The molecule has 0 aliphatic rings. The average Bonchev–Trinajstić information content (AvgIpc) is 2.18. The van der Waals surface area contributed by atoms with Crippen LogP contribution in [0, 0.1) is 0 Å². The lowest BCUT2D eigenvalue weighted by atomic mass is 10.2. The summed E-state index contributed by atoms with van der Waals surface area (Å²) in [7, 11) is 0. The molecule has 0 aromatic heterocycles. The van der Waals surface area contributed by atoms with Gasteiger partial charge in [-0.2, -0.15) is 0 Å². The molecule has 0 radical (unpaired) electrons. The van der Waals surface area contributed by atoms with Crippen molar-refractivity contribution in [1.82, 2.24) is 10.2 Å². The second-order valence-corrected chi connectivity index (χ2v) is 3.96. The van der Waals surface area contributed by atoms with Gasteiger partial charge >= 0.3 is 0 Å². The molecule has 14 heavy (non-hydrogen) atoms. The molecule has 2 heteroatoms. The van der Waals surface area contributed by atoms with Gasteiger partial charge in [0.15, 0.2) is 0 Å². The van der Waals surface area contributed by atoms with Crippen LogP contribution in [0.2, 0.25) is 0 Å². The van der Waals surface area contributed by atoms with E-state index in [0.29, 0.717) is 6.04 Å². The molecule has 1 N–H and O–H groups in total. The number of likely N-dealkylation sites (N-methyl/N-ethyl adjacent to an activating group) is 1. The summed E-state index contributed by atoms with van der Waals surface area (Å²) in [5.74, 6) is 0. The lowest BCUT2D eigenvalue weighted by Gasteiger charge is -2.26. The molecular weight excluding hydrogens is 172 g/mol. The van der Waals surface area contributed by atoms with E-state index in [1.807, 2.05) is 0 Å². The minimum Gasteiger partial charge on any atom is -0.313 e. The summed E-state index contributed by atoms with van der Waals surface area (Å²) < 4.78 is 0. The maximum Gasteiger partial charge on any atom is 0.0192 e. The van der Waals surface area contributed by atoms with Gasteiger partial charge in [0, 0.05) is 12.6 Å². The van der Waals surface area contributed by atoms with Crippen LogP contribution in [0.25, 0.3) is 0 Å². The Balaban J connectivity index is 3.83. The topological polar surface area (TPSA) is 15.3 Å². The molecule has 1 unspecified atom stereocenters. The van der Waals surface area contributed by atoms with E-state index in [-0.39, 0.29) is 0 Å². The van der Waals surface area contributed by atoms with Gasteiger partial charge in [-0.3, -0.25) is 0 Å². The molecule has 0 aromatic rings. The Morgan fingerprint density at radius 1 is 1.00 bits per heavy atom. The van der Waals surface area contributed by atoms with E-state index < -0.39 is 0 Å². The van der Waals surface area contributed by atoms with Gasteiger partial charge in [-0.25, -0.2) is 0 Å². The fraction of sp³-hybridized carbons (Fsp3) is 1.00. The van der Waals surface area contributed by atoms with E-state index in [1.54, 1.807) is 0 Å². The summed E-state index contributed by atoms with van der Waals surface area (Å²) in [6.07, 6.45) is 3.77. The van der Waals surface area contributed by atoms with Crippen molar-refractivity contribution in [1.29, 1.82) is 0 Å². The van der Waals surface area contributed by atoms with E-state index in [2.05, 4.69) is 37.9 Å². The van der Waals surface area contributed by atoms with Crippen LogP contribution >= 0.6 is 0 Å². The monoisotopic (exact) mass is 200 g/mol. The number of nitrogens with one attached hydrogen (secondary N) is 1. The van der Waals surface area contributed by atoms with Gasteiger partial charge in [-0.1, -0.05) is 27.7 Å². The van der Waals surface area contributed by atoms with Gasteiger partial charge < -0.3 is 10.2 Å². The zero-order valence-corrected chi connectivity index (χ0v) is 10.5. The standard InChI is InChI=1S/C12H28N2/c1-5-9-14(10-6-2)11-12(7-3)13-8-4/h12-13H,5-11H2,1-4H3. The van der Waals surface area contributed by atoms with Crippen molar-refractivity contribution in [3.63, 3.8) is 0 Å². The third kappa shape index (κ3) is 6.39. The second-order valence-electron chi connectivity index (χ2n) is 3.96. The second kappa shape index (κ2) is 9.47. The molecule has 0 saturated carbocycles. The normalized spacial score (nSPS) is 13.5. The molecule has 0 fully saturated rings. The van der Waals surface area contributed by atoms with Crippen molar-refractivity contribution in [2.75, 3.05) is 26.2 Å². The Morgan fingerprint density at radius 3 is 1.93 bits per heavy atom. The third-order valence-electron chi connectivity index (χ3n) is 2.54. The van der Waals surface area contributed by atoms with Gasteiger partial charge in [-0.15, -0.1) is 0 Å². The highest BCUT2D eigenvalue weighted by molar-refractivity contribution is 4.69. The van der Waals surface area contributed by atoms with Crippen LogP contribution in [0.5, 0.6) is 0 Å². The smallest absolute Gasteiger partial charge is 0.0192 e. The van der Waals surface area contributed by atoms with E-state index >= 15 is 0 Å².